The number of hydrogen-bond donors (Lipinski definition) is 1. The highest BCUT2D eigenvalue weighted by molar-refractivity contribution is 5.80. The monoisotopic (exact) mass is 103 g/mol. The first-order valence-corrected chi connectivity index (χ1v) is 1.96. The fraction of sp³-hybridized carbons (Fsp3) is 0.667. The summed E-state index contributed by atoms with van der Waals surface area (Å²) in [5, 5.41) is 8.65. The Labute approximate surface area is 40.2 Å². The number of carbonyl (C=O) groups is 1. The Kier molecular flexibility index (Phi) is 0.958. The van der Waals surface area contributed by atoms with Crippen LogP contribution in [0.25, 0.3) is 0 Å². The molecule has 0 unspecified atom stereocenters. The molecule has 1 amide bonds. The quantitative estimate of drug-likeness (QED) is 0.279. The van der Waals surface area contributed by atoms with Crippen LogP contribution in [-0.2, 0) is 9.78 Å². The highest BCUT2D eigenvalue weighted by atomic mass is 17.2. The second-order valence-corrected chi connectivity index (χ2v) is 1.33. The average molecular weight is 103 g/mol. The standard InChI is InChI=1S/C3H5NO3/c5-3-1-2-4(3)7-6/h6H,1-2H2. The minimum Gasteiger partial charge on any atom is -0.272 e. The second kappa shape index (κ2) is 1.48. The molecule has 0 aromatic rings. The van der Waals surface area contributed by atoms with Crippen LogP contribution in [0, 0.1) is 0 Å². The summed E-state index contributed by atoms with van der Waals surface area (Å²) < 4.78 is 0. The van der Waals surface area contributed by atoms with Gasteiger partial charge in [0, 0.05) is 6.42 Å². The van der Waals surface area contributed by atoms with E-state index in [1.807, 2.05) is 0 Å². The highest BCUT2D eigenvalue weighted by Crippen LogP contribution is 2.05. The third-order valence-corrected chi connectivity index (χ3v) is 0.905. The lowest BCUT2D eigenvalue weighted by Crippen LogP contribution is -2.42. The van der Waals surface area contributed by atoms with Gasteiger partial charge in [0.15, 0.2) is 0 Å². The fourth-order valence-corrected chi connectivity index (χ4v) is 0.381. The molecule has 1 fully saturated rings. The SMILES string of the molecule is O=C1CCN1OO. The first kappa shape index (κ1) is 4.55. The largest absolute Gasteiger partial charge is 0.272 e. The molecule has 1 heterocycles. The zero-order chi connectivity index (χ0) is 5.28. The number of nitrogens with zero attached hydrogens (tertiary/aromatic N) is 1. The van der Waals surface area contributed by atoms with Gasteiger partial charge in [-0.2, -0.15) is 5.06 Å². The maximum Gasteiger partial charge on any atom is 0.250 e. The Balaban J connectivity index is 2.29. The van der Waals surface area contributed by atoms with Crippen LogP contribution >= 0.6 is 0 Å². The Morgan fingerprint density at radius 3 is 2.57 bits per heavy atom. The van der Waals surface area contributed by atoms with Gasteiger partial charge in [0.1, 0.15) is 0 Å². The van der Waals surface area contributed by atoms with Crippen molar-refractivity contribution in [2.45, 2.75) is 6.42 Å². The summed E-state index contributed by atoms with van der Waals surface area (Å²) in [7, 11) is 0. The average Bonchev–Trinajstić information content (AvgIpc) is 1.65. The molecule has 40 valence electrons. The lowest BCUT2D eigenvalue weighted by Gasteiger charge is -2.24. The van der Waals surface area contributed by atoms with Gasteiger partial charge in [-0.1, -0.05) is 0 Å². The van der Waals surface area contributed by atoms with Crippen LogP contribution in [0.4, 0.5) is 0 Å². The van der Waals surface area contributed by atoms with Crippen molar-refractivity contribution < 1.29 is 15.0 Å². The van der Waals surface area contributed by atoms with Gasteiger partial charge in [-0.3, -0.25) is 4.79 Å². The summed E-state index contributed by atoms with van der Waals surface area (Å²) in [6.45, 7) is 0.509. The number of carbonyl (C=O) groups excluding carboxylic acids is 1. The minimum atomic E-state index is -0.164. The summed E-state index contributed by atoms with van der Waals surface area (Å²) in [5.74, 6) is -0.164. The van der Waals surface area contributed by atoms with E-state index in [0.717, 1.165) is 5.06 Å². The van der Waals surface area contributed by atoms with Crippen LogP contribution < -0.4 is 0 Å². The number of hydrogen-bond acceptors (Lipinski definition) is 3. The van der Waals surface area contributed by atoms with Gasteiger partial charge < -0.3 is 0 Å². The number of β-lactam (4-membered cyclic amide) rings is 1. The maximum absolute atomic E-state index is 10.1. The molecule has 7 heavy (non-hydrogen) atoms. The van der Waals surface area contributed by atoms with E-state index in [1.54, 1.807) is 0 Å². The second-order valence-electron chi connectivity index (χ2n) is 1.33. The summed E-state index contributed by atoms with van der Waals surface area (Å²) in [4.78, 5) is 13.7. The molecule has 1 saturated heterocycles. The predicted molar refractivity (Wildman–Crippen MR) is 20.0 cm³/mol. The van der Waals surface area contributed by atoms with Crippen molar-refractivity contribution in [3.63, 3.8) is 0 Å². The third kappa shape index (κ3) is 0.574. The van der Waals surface area contributed by atoms with Crippen LogP contribution in [0.5, 0.6) is 0 Å². The molecular weight excluding hydrogens is 98.0 g/mol. The summed E-state index contributed by atoms with van der Waals surface area (Å²) >= 11 is 0. The molecule has 0 aromatic heterocycles. The molecule has 0 aliphatic carbocycles. The number of amides is 1. The van der Waals surface area contributed by atoms with Crippen molar-refractivity contribution in [1.29, 1.82) is 0 Å². The lowest BCUT2D eigenvalue weighted by molar-refractivity contribution is -0.390. The van der Waals surface area contributed by atoms with Crippen LogP contribution in [0.15, 0.2) is 0 Å². The maximum atomic E-state index is 10.1. The topological polar surface area (TPSA) is 49.8 Å². The number of hydroxylamine groups is 2. The molecule has 1 aliphatic heterocycles. The van der Waals surface area contributed by atoms with Gasteiger partial charge in [-0.05, 0) is 0 Å². The molecule has 4 nitrogen and oxygen atoms in total. The normalized spacial score (nSPS) is 19.6. The Hall–Kier alpha value is -0.610. The van der Waals surface area contributed by atoms with Gasteiger partial charge in [0.2, 0.25) is 5.91 Å². The van der Waals surface area contributed by atoms with Gasteiger partial charge in [0.25, 0.3) is 0 Å². The predicted octanol–water partition coefficient (Wildman–Crippen LogP) is -0.377. The van der Waals surface area contributed by atoms with E-state index in [4.69, 9.17) is 5.26 Å². The first-order chi connectivity index (χ1) is 3.34. The molecule has 0 atom stereocenters. The molecule has 1 N–H and O–H groups in total. The molecule has 0 aromatic carbocycles. The zero-order valence-electron chi connectivity index (χ0n) is 3.63. The summed E-state index contributed by atoms with van der Waals surface area (Å²) in [5.41, 5.74) is 0. The van der Waals surface area contributed by atoms with E-state index in [-0.39, 0.29) is 5.91 Å². The van der Waals surface area contributed by atoms with E-state index < -0.39 is 0 Å². The molecule has 0 radical (unpaired) electrons. The lowest BCUT2D eigenvalue weighted by atomic mass is 10.3. The van der Waals surface area contributed by atoms with Crippen molar-refractivity contribution in [3.8, 4) is 0 Å². The van der Waals surface area contributed by atoms with E-state index in [2.05, 4.69) is 4.99 Å². The van der Waals surface area contributed by atoms with E-state index in [0.29, 0.717) is 13.0 Å². The van der Waals surface area contributed by atoms with Gasteiger partial charge in [-0.15, -0.1) is 4.99 Å². The number of rotatable bonds is 1. The molecule has 1 aliphatic rings. The molecular formula is C3H5NO3. The van der Waals surface area contributed by atoms with Crippen LogP contribution in [0.3, 0.4) is 0 Å². The van der Waals surface area contributed by atoms with Crippen LogP contribution in [0.2, 0.25) is 0 Å². The Bertz CT molecular complexity index is 90.2. The zero-order valence-corrected chi connectivity index (χ0v) is 3.63. The molecule has 1 rings (SSSR count). The molecule has 0 spiro atoms. The van der Waals surface area contributed by atoms with Crippen molar-refractivity contribution in [2.75, 3.05) is 6.54 Å². The third-order valence-electron chi connectivity index (χ3n) is 0.905. The van der Waals surface area contributed by atoms with Crippen molar-refractivity contribution >= 4 is 5.91 Å². The van der Waals surface area contributed by atoms with Crippen LogP contribution in [0.1, 0.15) is 6.42 Å². The fourth-order valence-electron chi connectivity index (χ4n) is 0.381. The molecule has 0 bridgehead atoms. The van der Waals surface area contributed by atoms with E-state index in [1.165, 1.54) is 0 Å². The van der Waals surface area contributed by atoms with Crippen LogP contribution in [-0.4, -0.2) is 22.8 Å². The highest BCUT2D eigenvalue weighted by Gasteiger charge is 2.24. The van der Waals surface area contributed by atoms with Gasteiger partial charge >= 0.3 is 0 Å². The Morgan fingerprint density at radius 1 is 1.86 bits per heavy atom. The van der Waals surface area contributed by atoms with Gasteiger partial charge in [-0.25, -0.2) is 5.26 Å². The van der Waals surface area contributed by atoms with E-state index >= 15 is 0 Å². The first-order valence-electron chi connectivity index (χ1n) is 1.96. The van der Waals surface area contributed by atoms with E-state index in [9.17, 15) is 4.79 Å². The van der Waals surface area contributed by atoms with Crippen molar-refractivity contribution in [1.82, 2.24) is 5.06 Å². The van der Waals surface area contributed by atoms with Crippen molar-refractivity contribution in [3.05, 3.63) is 0 Å². The Morgan fingerprint density at radius 2 is 2.57 bits per heavy atom. The van der Waals surface area contributed by atoms with Gasteiger partial charge in [0.05, 0.1) is 6.54 Å². The smallest absolute Gasteiger partial charge is 0.250 e. The minimum absolute atomic E-state index is 0.164. The summed E-state index contributed by atoms with van der Waals surface area (Å²) in [6, 6.07) is 0. The molecule has 4 heteroatoms. The van der Waals surface area contributed by atoms with Crippen molar-refractivity contribution in [2.24, 2.45) is 0 Å². The summed E-state index contributed by atoms with van der Waals surface area (Å²) in [6.07, 6.45) is 0.487. The molecule has 0 saturated carbocycles.